The molecule has 0 aliphatic rings. The van der Waals surface area contributed by atoms with Gasteiger partial charge < -0.3 is 4.57 Å². The summed E-state index contributed by atoms with van der Waals surface area (Å²) in [6.07, 6.45) is 1.40. The van der Waals surface area contributed by atoms with E-state index in [1.54, 1.807) is 25.1 Å². The highest BCUT2D eigenvalue weighted by atomic mass is 35.5. The van der Waals surface area contributed by atoms with Crippen molar-refractivity contribution in [3.63, 3.8) is 0 Å². The molecule has 3 aromatic rings. The molecule has 31 heavy (non-hydrogen) atoms. The summed E-state index contributed by atoms with van der Waals surface area (Å²) < 4.78 is 41.5. The topological polar surface area (TPSA) is 64.0 Å². The third-order valence-electron chi connectivity index (χ3n) is 5.21. The van der Waals surface area contributed by atoms with E-state index in [1.807, 2.05) is 43.5 Å². The highest BCUT2D eigenvalue weighted by molar-refractivity contribution is 7.91. The first-order chi connectivity index (χ1) is 14.7. The van der Waals surface area contributed by atoms with Gasteiger partial charge in [0.25, 0.3) is 0 Å². The molecule has 0 unspecified atom stereocenters. The first kappa shape index (κ1) is 23.4. The van der Waals surface area contributed by atoms with Crippen LogP contribution >= 0.6 is 11.8 Å². The molecule has 0 atom stereocenters. The number of allylic oxidation sites excluding steroid dienone is 1. The van der Waals surface area contributed by atoms with Crippen LogP contribution in [0, 0.1) is 6.92 Å². The van der Waals surface area contributed by atoms with Gasteiger partial charge in [0.15, 0.2) is 9.84 Å². The molecule has 5 nitrogen and oxygen atoms in total. The predicted molar refractivity (Wildman–Crippen MR) is 125 cm³/mol. The van der Waals surface area contributed by atoms with Crippen molar-refractivity contribution in [3.8, 4) is 11.1 Å². The average molecular weight is 464 g/mol. The van der Waals surface area contributed by atoms with Gasteiger partial charge in [-0.05, 0) is 60.5 Å². The monoisotopic (exact) mass is 463 g/mol. The van der Waals surface area contributed by atoms with Crippen molar-refractivity contribution in [1.29, 1.82) is 0 Å². The molecule has 0 bridgehead atoms. The van der Waals surface area contributed by atoms with Crippen LogP contribution in [0.4, 0.5) is 4.39 Å². The van der Waals surface area contributed by atoms with Crippen molar-refractivity contribution < 1.29 is 12.8 Å². The molecule has 0 spiro atoms. The highest BCUT2D eigenvalue weighted by Crippen LogP contribution is 2.39. The lowest BCUT2D eigenvalue weighted by Crippen LogP contribution is -2.08. The molecular weight excluding hydrogens is 437 g/mol. The number of benzene rings is 1. The lowest BCUT2D eigenvalue weighted by Gasteiger charge is -2.15. The summed E-state index contributed by atoms with van der Waals surface area (Å²) in [7, 11) is -3.36. The van der Waals surface area contributed by atoms with Gasteiger partial charge in [-0.1, -0.05) is 32.9 Å². The van der Waals surface area contributed by atoms with E-state index in [1.165, 1.54) is 6.08 Å². The van der Waals surface area contributed by atoms with Crippen molar-refractivity contribution in [2.75, 3.05) is 12.3 Å². The van der Waals surface area contributed by atoms with Gasteiger partial charge in [0.1, 0.15) is 5.83 Å². The zero-order valence-corrected chi connectivity index (χ0v) is 19.7. The van der Waals surface area contributed by atoms with Crippen LogP contribution in [-0.2, 0) is 16.4 Å². The fraction of sp³-hybridized carbons (Fsp3) is 0.348. The Balaban J connectivity index is 2.33. The Morgan fingerprint density at radius 3 is 2.68 bits per heavy atom. The number of hydrogen-bond acceptors (Lipinski definition) is 4. The SMILES string of the molecule is CCS(=O)(=O)c1cccc(-c2c(C(C)C)n(C/C(F)=C/CNCl)c3ccc(C)nc23)c1. The summed E-state index contributed by atoms with van der Waals surface area (Å²) in [5, 5.41) is 0. The summed E-state index contributed by atoms with van der Waals surface area (Å²) in [6, 6.07) is 10.8. The molecule has 2 heterocycles. The van der Waals surface area contributed by atoms with Gasteiger partial charge in [0.05, 0.1) is 28.2 Å². The van der Waals surface area contributed by atoms with Gasteiger partial charge in [-0.25, -0.2) is 17.6 Å². The predicted octanol–water partition coefficient (Wildman–Crippen LogP) is 5.53. The smallest absolute Gasteiger partial charge is 0.178 e. The Bertz CT molecular complexity index is 1230. The van der Waals surface area contributed by atoms with E-state index < -0.39 is 9.84 Å². The summed E-state index contributed by atoms with van der Waals surface area (Å²) in [6.45, 7) is 7.86. The van der Waals surface area contributed by atoms with Crippen molar-refractivity contribution in [3.05, 3.63) is 59.7 Å². The van der Waals surface area contributed by atoms with E-state index in [0.29, 0.717) is 0 Å². The normalized spacial score (nSPS) is 12.8. The molecule has 1 N–H and O–H groups in total. The number of pyridine rings is 1. The van der Waals surface area contributed by atoms with E-state index in [0.717, 1.165) is 33.5 Å². The molecule has 0 saturated heterocycles. The standard InChI is InChI=1S/C23H27ClFN3O2S/c1-5-31(29,30)19-8-6-7-17(13-19)21-22-20(10-9-16(4)27-22)28(23(21)15(2)3)14-18(25)11-12-26-24/h6-11,13,15,26H,5,12,14H2,1-4H3/b18-11-. The van der Waals surface area contributed by atoms with E-state index in [4.69, 9.17) is 16.8 Å². The number of halogens is 2. The van der Waals surface area contributed by atoms with Gasteiger partial charge in [-0.2, -0.15) is 0 Å². The summed E-state index contributed by atoms with van der Waals surface area (Å²) in [4.78, 5) is 7.43. The van der Waals surface area contributed by atoms with Crippen LogP contribution < -0.4 is 4.84 Å². The first-order valence-corrected chi connectivity index (χ1v) is 12.2. The third kappa shape index (κ3) is 4.84. The van der Waals surface area contributed by atoms with Gasteiger partial charge >= 0.3 is 0 Å². The first-order valence-electron chi connectivity index (χ1n) is 10.2. The number of sulfone groups is 1. The number of hydrogen-bond donors (Lipinski definition) is 1. The molecule has 2 aromatic heterocycles. The van der Waals surface area contributed by atoms with E-state index >= 15 is 0 Å². The second-order valence-corrected chi connectivity index (χ2v) is 10.3. The number of nitrogens with zero attached hydrogens (tertiary/aromatic N) is 2. The fourth-order valence-electron chi connectivity index (χ4n) is 3.77. The van der Waals surface area contributed by atoms with Crippen LogP contribution in [0.25, 0.3) is 22.2 Å². The van der Waals surface area contributed by atoms with Crippen molar-refractivity contribution in [2.45, 2.75) is 45.1 Å². The fourth-order valence-corrected chi connectivity index (χ4v) is 4.77. The maximum atomic E-state index is 14.6. The van der Waals surface area contributed by atoms with Gasteiger partial charge in [0, 0.05) is 23.5 Å². The van der Waals surface area contributed by atoms with Crippen LogP contribution in [0.2, 0.25) is 0 Å². The maximum Gasteiger partial charge on any atom is 0.178 e. The largest absolute Gasteiger partial charge is 0.336 e. The lowest BCUT2D eigenvalue weighted by molar-refractivity contribution is 0.545. The van der Waals surface area contributed by atoms with Crippen LogP contribution in [0.15, 0.2) is 53.2 Å². The second-order valence-electron chi connectivity index (χ2n) is 7.74. The van der Waals surface area contributed by atoms with Gasteiger partial charge in [-0.3, -0.25) is 4.98 Å². The zero-order chi connectivity index (χ0) is 22.8. The maximum absolute atomic E-state index is 14.6. The zero-order valence-electron chi connectivity index (χ0n) is 18.1. The van der Waals surface area contributed by atoms with Crippen LogP contribution in [-0.4, -0.2) is 30.3 Å². The van der Waals surface area contributed by atoms with E-state index in [2.05, 4.69) is 4.84 Å². The lowest BCUT2D eigenvalue weighted by atomic mass is 9.98. The summed E-state index contributed by atoms with van der Waals surface area (Å²) in [5.74, 6) is -0.242. The molecule has 0 amide bonds. The molecule has 0 saturated carbocycles. The van der Waals surface area contributed by atoms with Crippen LogP contribution in [0.3, 0.4) is 0 Å². The minimum Gasteiger partial charge on any atom is -0.336 e. The Morgan fingerprint density at radius 2 is 2.03 bits per heavy atom. The Labute approximate surface area is 188 Å². The van der Waals surface area contributed by atoms with Gasteiger partial charge in [0.2, 0.25) is 0 Å². The molecule has 0 fully saturated rings. The van der Waals surface area contributed by atoms with Crippen LogP contribution in [0.5, 0.6) is 0 Å². The van der Waals surface area contributed by atoms with E-state index in [9.17, 15) is 12.8 Å². The quantitative estimate of drug-likeness (QED) is 0.446. The summed E-state index contributed by atoms with van der Waals surface area (Å²) >= 11 is 5.46. The van der Waals surface area contributed by atoms with Crippen LogP contribution in [0.1, 0.15) is 38.1 Å². The van der Waals surface area contributed by atoms with Crippen molar-refractivity contribution >= 4 is 32.6 Å². The highest BCUT2D eigenvalue weighted by Gasteiger charge is 2.24. The minimum atomic E-state index is -3.36. The number of rotatable bonds is 8. The Hall–Kier alpha value is -2.22. The van der Waals surface area contributed by atoms with E-state index in [-0.39, 0.29) is 35.5 Å². The average Bonchev–Trinajstić information content (AvgIpc) is 3.05. The Kier molecular flexibility index (Phi) is 7.19. The molecule has 0 aliphatic carbocycles. The number of nitrogens with one attached hydrogen (secondary N) is 1. The second kappa shape index (κ2) is 9.51. The van der Waals surface area contributed by atoms with Crippen molar-refractivity contribution in [2.24, 2.45) is 0 Å². The molecule has 8 heteroatoms. The molecule has 166 valence electrons. The molecule has 1 aromatic carbocycles. The number of fused-ring (bicyclic) bond motifs is 1. The molecule has 0 aliphatic heterocycles. The number of aromatic nitrogens is 2. The molecule has 3 rings (SSSR count). The minimum absolute atomic E-state index is 0.0250. The third-order valence-corrected chi connectivity index (χ3v) is 7.09. The Morgan fingerprint density at radius 1 is 1.29 bits per heavy atom. The van der Waals surface area contributed by atoms with Crippen molar-refractivity contribution in [1.82, 2.24) is 14.4 Å². The number of aryl methyl sites for hydroxylation is 1. The molecule has 0 radical (unpaired) electrons. The van der Waals surface area contributed by atoms with Gasteiger partial charge in [-0.15, -0.1) is 0 Å². The summed E-state index contributed by atoms with van der Waals surface area (Å²) in [5.41, 5.74) is 4.87. The molecular formula is C23H27ClFN3O2S.